The van der Waals surface area contributed by atoms with Crippen molar-refractivity contribution in [3.8, 4) is 11.1 Å². The molecule has 0 spiro atoms. The van der Waals surface area contributed by atoms with Gasteiger partial charge in [-0.3, -0.25) is 4.98 Å². The number of hydrogen-bond donors (Lipinski definition) is 2. The van der Waals surface area contributed by atoms with Crippen LogP contribution in [0.5, 0.6) is 0 Å². The van der Waals surface area contributed by atoms with Gasteiger partial charge in [0.25, 0.3) is 0 Å². The molecule has 1 aliphatic carbocycles. The Hall–Kier alpha value is -1.71. The van der Waals surface area contributed by atoms with Crippen LogP contribution in [0.15, 0.2) is 48.8 Å². The number of hydrogen-bond acceptors (Lipinski definition) is 3. The number of nitrogens with zero attached hydrogens (tertiary/aromatic N) is 1. The molecule has 0 saturated heterocycles. The molecule has 0 amide bonds. The van der Waals surface area contributed by atoms with Gasteiger partial charge in [0.2, 0.25) is 0 Å². The highest BCUT2D eigenvalue weighted by Gasteiger charge is 2.19. The summed E-state index contributed by atoms with van der Waals surface area (Å²) in [5, 5.41) is 13.3. The number of aliphatic hydroxyl groups is 1. The summed E-state index contributed by atoms with van der Waals surface area (Å²) in [6.07, 6.45) is 7.89. The summed E-state index contributed by atoms with van der Waals surface area (Å²) in [7, 11) is 0. The number of aliphatic hydroxyl groups excluding tert-OH is 1. The zero-order valence-electron chi connectivity index (χ0n) is 12.9. The van der Waals surface area contributed by atoms with Crippen molar-refractivity contribution in [2.45, 2.75) is 38.3 Å². The van der Waals surface area contributed by atoms with Crippen molar-refractivity contribution in [1.82, 2.24) is 10.3 Å². The van der Waals surface area contributed by atoms with Gasteiger partial charge in [0, 0.05) is 18.9 Å². The zero-order chi connectivity index (χ0) is 15.2. The van der Waals surface area contributed by atoms with Gasteiger partial charge in [-0.1, -0.05) is 24.6 Å². The topological polar surface area (TPSA) is 45.1 Å². The lowest BCUT2D eigenvalue weighted by Crippen LogP contribution is -2.28. The van der Waals surface area contributed by atoms with Crippen molar-refractivity contribution >= 4 is 0 Å². The van der Waals surface area contributed by atoms with Crippen LogP contribution in [-0.2, 0) is 6.54 Å². The summed E-state index contributed by atoms with van der Waals surface area (Å²) in [6, 6.07) is 12.7. The van der Waals surface area contributed by atoms with E-state index in [-0.39, 0.29) is 6.10 Å². The van der Waals surface area contributed by atoms with Crippen molar-refractivity contribution in [2.24, 2.45) is 5.92 Å². The van der Waals surface area contributed by atoms with Gasteiger partial charge >= 0.3 is 0 Å². The molecule has 22 heavy (non-hydrogen) atoms. The SMILES string of the molecule is OC1CCCC(CNCc2cccc(-c3ccncc3)c2)C1. The summed E-state index contributed by atoms with van der Waals surface area (Å²) in [4.78, 5) is 4.07. The van der Waals surface area contributed by atoms with E-state index in [0.717, 1.165) is 32.4 Å². The molecule has 116 valence electrons. The van der Waals surface area contributed by atoms with Crippen LogP contribution in [0.1, 0.15) is 31.2 Å². The fraction of sp³-hybridized carbons (Fsp3) is 0.421. The molecule has 0 bridgehead atoms. The monoisotopic (exact) mass is 296 g/mol. The second kappa shape index (κ2) is 7.52. The van der Waals surface area contributed by atoms with Crippen molar-refractivity contribution in [3.05, 3.63) is 54.4 Å². The van der Waals surface area contributed by atoms with Gasteiger partial charge in [-0.05, 0) is 66.6 Å². The van der Waals surface area contributed by atoms with Gasteiger partial charge in [0.15, 0.2) is 0 Å². The van der Waals surface area contributed by atoms with E-state index in [0.29, 0.717) is 5.92 Å². The van der Waals surface area contributed by atoms with E-state index < -0.39 is 0 Å². The Morgan fingerprint density at radius 3 is 2.77 bits per heavy atom. The molecule has 1 saturated carbocycles. The molecule has 2 unspecified atom stereocenters. The predicted molar refractivity (Wildman–Crippen MR) is 89.3 cm³/mol. The third-order valence-electron chi connectivity index (χ3n) is 4.46. The van der Waals surface area contributed by atoms with E-state index >= 15 is 0 Å². The van der Waals surface area contributed by atoms with E-state index in [9.17, 15) is 5.11 Å². The average Bonchev–Trinajstić information content (AvgIpc) is 2.56. The summed E-state index contributed by atoms with van der Waals surface area (Å²) in [5.41, 5.74) is 3.73. The predicted octanol–water partition coefficient (Wildman–Crippen LogP) is 3.39. The maximum Gasteiger partial charge on any atom is 0.0543 e. The maximum atomic E-state index is 9.73. The molecule has 3 heteroatoms. The number of nitrogens with one attached hydrogen (secondary N) is 1. The highest BCUT2D eigenvalue weighted by atomic mass is 16.3. The minimum atomic E-state index is -0.0874. The molecule has 1 aromatic carbocycles. The van der Waals surface area contributed by atoms with Crippen molar-refractivity contribution in [3.63, 3.8) is 0 Å². The molecular formula is C19H24N2O. The van der Waals surface area contributed by atoms with Crippen LogP contribution < -0.4 is 5.32 Å². The van der Waals surface area contributed by atoms with E-state index in [1.54, 1.807) is 0 Å². The number of rotatable bonds is 5. The highest BCUT2D eigenvalue weighted by molar-refractivity contribution is 5.63. The van der Waals surface area contributed by atoms with Crippen molar-refractivity contribution < 1.29 is 5.11 Å². The first-order valence-electron chi connectivity index (χ1n) is 8.19. The van der Waals surface area contributed by atoms with E-state index in [1.807, 2.05) is 24.5 Å². The minimum Gasteiger partial charge on any atom is -0.393 e. The van der Waals surface area contributed by atoms with Crippen molar-refractivity contribution in [1.29, 1.82) is 0 Å². The summed E-state index contributed by atoms with van der Waals surface area (Å²) in [5.74, 6) is 0.618. The fourth-order valence-electron chi connectivity index (χ4n) is 3.27. The first kappa shape index (κ1) is 15.2. The molecular weight excluding hydrogens is 272 g/mol. The Balaban J connectivity index is 1.55. The molecule has 1 aliphatic rings. The van der Waals surface area contributed by atoms with Gasteiger partial charge in [0.1, 0.15) is 0 Å². The average molecular weight is 296 g/mol. The normalized spacial score (nSPS) is 21.7. The summed E-state index contributed by atoms with van der Waals surface area (Å²) in [6.45, 7) is 1.88. The molecule has 2 aromatic rings. The summed E-state index contributed by atoms with van der Waals surface area (Å²) < 4.78 is 0. The first-order valence-corrected chi connectivity index (χ1v) is 8.19. The largest absolute Gasteiger partial charge is 0.393 e. The van der Waals surface area contributed by atoms with Crippen LogP contribution in [0.25, 0.3) is 11.1 Å². The molecule has 1 aromatic heterocycles. The van der Waals surface area contributed by atoms with E-state index in [2.05, 4.69) is 34.6 Å². The Bertz CT molecular complexity index is 585. The number of aromatic nitrogens is 1. The molecule has 0 aliphatic heterocycles. The molecule has 3 nitrogen and oxygen atoms in total. The quantitative estimate of drug-likeness (QED) is 0.889. The lowest BCUT2D eigenvalue weighted by Gasteiger charge is -2.26. The van der Waals surface area contributed by atoms with Gasteiger partial charge < -0.3 is 10.4 Å². The molecule has 2 atom stereocenters. The molecule has 3 rings (SSSR count). The Labute approximate surface area is 132 Å². The third kappa shape index (κ3) is 4.15. The van der Waals surface area contributed by atoms with Crippen LogP contribution in [0.4, 0.5) is 0 Å². The molecule has 1 fully saturated rings. The Morgan fingerprint density at radius 2 is 1.95 bits per heavy atom. The van der Waals surface area contributed by atoms with E-state index in [1.165, 1.54) is 23.1 Å². The standard InChI is InChI=1S/C19H24N2O/c22-19-6-2-4-16(12-19)14-21-13-15-3-1-5-18(11-15)17-7-9-20-10-8-17/h1,3,5,7-11,16,19,21-22H,2,4,6,12-14H2. The first-order chi connectivity index (χ1) is 10.8. The van der Waals surface area contributed by atoms with Crippen LogP contribution in [0, 0.1) is 5.92 Å². The molecule has 1 heterocycles. The van der Waals surface area contributed by atoms with Crippen LogP contribution in [-0.4, -0.2) is 22.7 Å². The van der Waals surface area contributed by atoms with E-state index in [4.69, 9.17) is 0 Å². The minimum absolute atomic E-state index is 0.0874. The number of benzene rings is 1. The lowest BCUT2D eigenvalue weighted by atomic mass is 9.87. The smallest absolute Gasteiger partial charge is 0.0543 e. The molecule has 2 N–H and O–H groups in total. The van der Waals surface area contributed by atoms with Gasteiger partial charge in [-0.25, -0.2) is 0 Å². The fourth-order valence-corrected chi connectivity index (χ4v) is 3.27. The summed E-state index contributed by atoms with van der Waals surface area (Å²) >= 11 is 0. The van der Waals surface area contributed by atoms with Crippen LogP contribution in [0.3, 0.4) is 0 Å². The second-order valence-electron chi connectivity index (χ2n) is 6.25. The lowest BCUT2D eigenvalue weighted by molar-refractivity contribution is 0.101. The molecule has 0 radical (unpaired) electrons. The van der Waals surface area contributed by atoms with Crippen LogP contribution >= 0.6 is 0 Å². The zero-order valence-corrected chi connectivity index (χ0v) is 12.9. The highest BCUT2D eigenvalue weighted by Crippen LogP contribution is 2.24. The Morgan fingerprint density at radius 1 is 1.09 bits per heavy atom. The third-order valence-corrected chi connectivity index (χ3v) is 4.46. The number of pyridine rings is 1. The van der Waals surface area contributed by atoms with Gasteiger partial charge in [-0.15, -0.1) is 0 Å². The van der Waals surface area contributed by atoms with Gasteiger partial charge in [-0.2, -0.15) is 0 Å². The van der Waals surface area contributed by atoms with Gasteiger partial charge in [0.05, 0.1) is 6.10 Å². The Kier molecular flexibility index (Phi) is 5.20. The van der Waals surface area contributed by atoms with Crippen LogP contribution in [0.2, 0.25) is 0 Å². The van der Waals surface area contributed by atoms with Crippen molar-refractivity contribution in [2.75, 3.05) is 6.54 Å². The second-order valence-corrected chi connectivity index (χ2v) is 6.25. The maximum absolute atomic E-state index is 9.73.